The summed E-state index contributed by atoms with van der Waals surface area (Å²) in [4.78, 5) is 4.15. The fourth-order valence-corrected chi connectivity index (χ4v) is 1.68. The number of imidazole rings is 1. The molecule has 0 amide bonds. The summed E-state index contributed by atoms with van der Waals surface area (Å²) in [6, 6.07) is 3.82. The van der Waals surface area contributed by atoms with Crippen LogP contribution in [0, 0.1) is 11.6 Å². The van der Waals surface area contributed by atoms with Crippen LogP contribution in [0.3, 0.4) is 0 Å². The first kappa shape index (κ1) is 13.5. The predicted octanol–water partition coefficient (Wildman–Crippen LogP) is 2.42. The number of rotatable bonds is 6. The molecule has 0 aliphatic rings. The lowest BCUT2D eigenvalue weighted by Gasteiger charge is -2.09. The first-order valence-corrected chi connectivity index (χ1v) is 5.88. The highest BCUT2D eigenvalue weighted by Gasteiger charge is 2.05. The van der Waals surface area contributed by atoms with E-state index in [9.17, 15) is 8.78 Å². The molecule has 0 bridgehead atoms. The average molecular weight is 267 g/mol. The van der Waals surface area contributed by atoms with Gasteiger partial charge in [-0.25, -0.2) is 13.8 Å². The van der Waals surface area contributed by atoms with Crippen LogP contribution in [0.2, 0.25) is 0 Å². The lowest BCUT2D eigenvalue weighted by atomic mass is 10.2. The molecule has 0 aliphatic heterocycles. The minimum absolute atomic E-state index is 0.376. The second kappa shape index (κ2) is 6.29. The second-order valence-electron chi connectivity index (χ2n) is 4.04. The third kappa shape index (κ3) is 3.51. The van der Waals surface area contributed by atoms with Crippen LogP contribution in [0.15, 0.2) is 30.6 Å². The van der Waals surface area contributed by atoms with E-state index in [-0.39, 0.29) is 0 Å². The first-order valence-electron chi connectivity index (χ1n) is 5.88. The fraction of sp³-hybridized carbons (Fsp3) is 0.308. The molecule has 0 saturated heterocycles. The Balaban J connectivity index is 1.98. The quantitative estimate of drug-likeness (QED) is 0.873. The van der Waals surface area contributed by atoms with E-state index in [1.807, 2.05) is 10.8 Å². The summed E-state index contributed by atoms with van der Waals surface area (Å²) in [6.07, 6.45) is 3.50. The van der Waals surface area contributed by atoms with Crippen molar-refractivity contribution in [3.63, 3.8) is 0 Å². The van der Waals surface area contributed by atoms with Crippen molar-refractivity contribution in [2.24, 2.45) is 0 Å². The molecule has 6 heteroatoms. The monoisotopic (exact) mass is 267 g/mol. The Labute approximate surface area is 110 Å². The van der Waals surface area contributed by atoms with Crippen molar-refractivity contribution in [2.45, 2.75) is 13.1 Å². The van der Waals surface area contributed by atoms with E-state index in [2.05, 4.69) is 10.3 Å². The molecule has 102 valence electrons. The number of aromatic nitrogens is 2. The molecule has 0 radical (unpaired) electrons. The van der Waals surface area contributed by atoms with Gasteiger partial charge < -0.3 is 14.6 Å². The largest absolute Gasteiger partial charge is 0.383 e. The van der Waals surface area contributed by atoms with Gasteiger partial charge in [0.2, 0.25) is 5.95 Å². The first-order chi connectivity index (χ1) is 9.20. The van der Waals surface area contributed by atoms with E-state index >= 15 is 0 Å². The standard InChI is InChI=1S/C13H15F2N3O/c1-19-7-6-18-5-4-16-13(18)17-9-10-2-3-11(14)12(15)8-10/h2-5,8H,6-7,9H2,1H3,(H,16,17). The highest BCUT2D eigenvalue weighted by Crippen LogP contribution is 2.11. The van der Waals surface area contributed by atoms with Gasteiger partial charge in [-0.3, -0.25) is 0 Å². The highest BCUT2D eigenvalue weighted by molar-refractivity contribution is 5.29. The summed E-state index contributed by atoms with van der Waals surface area (Å²) >= 11 is 0. The van der Waals surface area contributed by atoms with E-state index in [1.165, 1.54) is 12.1 Å². The zero-order chi connectivity index (χ0) is 13.7. The Morgan fingerprint density at radius 2 is 2.16 bits per heavy atom. The van der Waals surface area contributed by atoms with Gasteiger partial charge >= 0.3 is 0 Å². The summed E-state index contributed by atoms with van der Waals surface area (Å²) in [5.74, 6) is -1.02. The van der Waals surface area contributed by atoms with Crippen LogP contribution in [-0.2, 0) is 17.8 Å². The zero-order valence-electron chi connectivity index (χ0n) is 10.6. The summed E-state index contributed by atoms with van der Waals surface area (Å²) in [7, 11) is 1.63. The molecule has 1 aromatic heterocycles. The average Bonchev–Trinajstić information content (AvgIpc) is 2.85. The number of hydrogen-bond donors (Lipinski definition) is 1. The Morgan fingerprint density at radius 1 is 1.32 bits per heavy atom. The Bertz CT molecular complexity index is 542. The lowest BCUT2D eigenvalue weighted by molar-refractivity contribution is 0.187. The summed E-state index contributed by atoms with van der Waals surface area (Å²) in [6.45, 7) is 1.63. The Morgan fingerprint density at radius 3 is 2.89 bits per heavy atom. The SMILES string of the molecule is COCCn1ccnc1NCc1ccc(F)c(F)c1. The number of ether oxygens (including phenoxy) is 1. The molecule has 1 heterocycles. The van der Waals surface area contributed by atoms with E-state index < -0.39 is 11.6 Å². The van der Waals surface area contributed by atoms with Crippen LogP contribution >= 0.6 is 0 Å². The second-order valence-corrected chi connectivity index (χ2v) is 4.04. The van der Waals surface area contributed by atoms with Crippen molar-refractivity contribution in [1.29, 1.82) is 0 Å². The van der Waals surface area contributed by atoms with Crippen LogP contribution in [0.4, 0.5) is 14.7 Å². The maximum absolute atomic E-state index is 13.1. The van der Waals surface area contributed by atoms with Crippen molar-refractivity contribution in [3.8, 4) is 0 Å². The van der Waals surface area contributed by atoms with Crippen molar-refractivity contribution >= 4 is 5.95 Å². The van der Waals surface area contributed by atoms with E-state index in [1.54, 1.807) is 13.3 Å². The van der Waals surface area contributed by atoms with Crippen LogP contribution in [0.25, 0.3) is 0 Å². The van der Waals surface area contributed by atoms with Gasteiger partial charge in [0.25, 0.3) is 0 Å². The van der Waals surface area contributed by atoms with Gasteiger partial charge in [0, 0.05) is 32.6 Å². The summed E-state index contributed by atoms with van der Waals surface area (Å²) in [5, 5.41) is 3.07. The molecule has 4 nitrogen and oxygen atoms in total. The Kier molecular flexibility index (Phi) is 4.46. The van der Waals surface area contributed by atoms with E-state index in [4.69, 9.17) is 4.74 Å². The molecule has 0 atom stereocenters. The van der Waals surface area contributed by atoms with Gasteiger partial charge in [-0.05, 0) is 17.7 Å². The maximum atomic E-state index is 13.1. The smallest absolute Gasteiger partial charge is 0.203 e. The molecule has 2 rings (SSSR count). The minimum Gasteiger partial charge on any atom is -0.383 e. The number of nitrogens with one attached hydrogen (secondary N) is 1. The van der Waals surface area contributed by atoms with Gasteiger partial charge in [0.1, 0.15) is 0 Å². The number of benzene rings is 1. The number of anilines is 1. The van der Waals surface area contributed by atoms with Gasteiger partial charge in [-0.15, -0.1) is 0 Å². The van der Waals surface area contributed by atoms with Gasteiger partial charge in [-0.1, -0.05) is 6.07 Å². The van der Waals surface area contributed by atoms with Crippen LogP contribution < -0.4 is 5.32 Å². The molecular weight excluding hydrogens is 252 g/mol. The van der Waals surface area contributed by atoms with Crippen LogP contribution in [0.1, 0.15) is 5.56 Å². The highest BCUT2D eigenvalue weighted by atomic mass is 19.2. The van der Waals surface area contributed by atoms with E-state index in [0.717, 1.165) is 6.07 Å². The molecular formula is C13H15F2N3O. The Hall–Kier alpha value is -1.95. The molecule has 0 unspecified atom stereocenters. The number of hydrogen-bond acceptors (Lipinski definition) is 3. The predicted molar refractivity (Wildman–Crippen MR) is 67.8 cm³/mol. The van der Waals surface area contributed by atoms with Crippen molar-refractivity contribution in [3.05, 3.63) is 47.8 Å². The molecule has 19 heavy (non-hydrogen) atoms. The molecule has 0 aliphatic carbocycles. The topological polar surface area (TPSA) is 39.1 Å². The molecule has 2 aromatic rings. The summed E-state index contributed by atoms with van der Waals surface area (Å²) in [5.41, 5.74) is 0.653. The molecule has 1 N–H and O–H groups in total. The van der Waals surface area contributed by atoms with Crippen molar-refractivity contribution < 1.29 is 13.5 Å². The molecule has 1 aromatic carbocycles. The molecule has 0 saturated carbocycles. The fourth-order valence-electron chi connectivity index (χ4n) is 1.68. The van der Waals surface area contributed by atoms with E-state index in [0.29, 0.717) is 31.2 Å². The summed E-state index contributed by atoms with van der Waals surface area (Å²) < 4.78 is 32.7. The lowest BCUT2D eigenvalue weighted by Crippen LogP contribution is -2.10. The minimum atomic E-state index is -0.845. The molecule has 0 spiro atoms. The van der Waals surface area contributed by atoms with Crippen molar-refractivity contribution in [1.82, 2.24) is 9.55 Å². The third-order valence-corrected chi connectivity index (χ3v) is 2.69. The van der Waals surface area contributed by atoms with Crippen LogP contribution in [-0.4, -0.2) is 23.3 Å². The van der Waals surface area contributed by atoms with Gasteiger partial charge in [-0.2, -0.15) is 0 Å². The number of halogens is 2. The van der Waals surface area contributed by atoms with Gasteiger partial charge in [0.15, 0.2) is 11.6 Å². The van der Waals surface area contributed by atoms with Crippen molar-refractivity contribution in [2.75, 3.05) is 19.0 Å². The maximum Gasteiger partial charge on any atom is 0.203 e. The third-order valence-electron chi connectivity index (χ3n) is 2.69. The molecule has 0 fully saturated rings. The van der Waals surface area contributed by atoms with Crippen LogP contribution in [0.5, 0.6) is 0 Å². The zero-order valence-corrected chi connectivity index (χ0v) is 10.6. The number of methoxy groups -OCH3 is 1. The number of nitrogens with zero attached hydrogens (tertiary/aromatic N) is 2. The van der Waals surface area contributed by atoms with Gasteiger partial charge in [0.05, 0.1) is 6.61 Å². The normalized spacial score (nSPS) is 10.7.